The van der Waals surface area contributed by atoms with E-state index in [0.29, 0.717) is 12.5 Å². The molecule has 0 spiro atoms. The average molecular weight is 419 g/mol. The van der Waals surface area contributed by atoms with Gasteiger partial charge in [0.1, 0.15) is 0 Å². The Kier molecular flexibility index (Phi) is 9.04. The maximum atomic E-state index is 6.40. The molecule has 3 aromatic carbocycles. The van der Waals surface area contributed by atoms with Crippen LogP contribution in [0.3, 0.4) is 0 Å². The van der Waals surface area contributed by atoms with Crippen LogP contribution in [0.4, 0.5) is 0 Å². The lowest BCUT2D eigenvalue weighted by atomic mass is 9.72. The summed E-state index contributed by atoms with van der Waals surface area (Å²) in [6.07, 6.45) is 5.44. The first-order valence-electron chi connectivity index (χ1n) is 10.9. The molecule has 0 aliphatic carbocycles. The molecule has 30 heavy (non-hydrogen) atoms. The van der Waals surface area contributed by atoms with Crippen LogP contribution in [0, 0.1) is 11.3 Å². The van der Waals surface area contributed by atoms with Gasteiger partial charge >= 0.3 is 0 Å². The van der Waals surface area contributed by atoms with Crippen LogP contribution in [0.25, 0.3) is 0 Å². The van der Waals surface area contributed by atoms with Gasteiger partial charge in [0, 0.05) is 5.41 Å². The van der Waals surface area contributed by atoms with Crippen LogP contribution in [-0.2, 0) is 24.2 Å². The Morgan fingerprint density at radius 3 is 1.67 bits per heavy atom. The van der Waals surface area contributed by atoms with Gasteiger partial charge in [0.25, 0.3) is 0 Å². The Morgan fingerprint density at radius 2 is 1.20 bits per heavy atom. The van der Waals surface area contributed by atoms with Crippen molar-refractivity contribution in [3.63, 3.8) is 0 Å². The van der Waals surface area contributed by atoms with Crippen LogP contribution in [0.5, 0.6) is 0 Å². The minimum atomic E-state index is 0.0760. The number of ether oxygens (including phenoxy) is 1. The minimum absolute atomic E-state index is 0.0760. The third-order valence-electron chi connectivity index (χ3n) is 5.60. The molecule has 0 fully saturated rings. The van der Waals surface area contributed by atoms with Crippen molar-refractivity contribution in [3.8, 4) is 0 Å². The molecule has 1 unspecified atom stereocenters. The van der Waals surface area contributed by atoms with E-state index in [1.54, 1.807) is 0 Å². The molecule has 158 valence electrons. The lowest BCUT2D eigenvalue weighted by molar-refractivity contribution is 0.0210. The Bertz CT molecular complexity index is 791. The predicted molar refractivity (Wildman–Crippen MR) is 131 cm³/mol. The smallest absolute Gasteiger partial charge is 0.0717 e. The molecule has 0 bridgehead atoms. The molecule has 1 nitrogen and oxygen atoms in total. The van der Waals surface area contributed by atoms with Crippen LogP contribution in [0.15, 0.2) is 91.0 Å². The van der Waals surface area contributed by atoms with Crippen molar-refractivity contribution in [2.24, 2.45) is 11.3 Å². The van der Waals surface area contributed by atoms with E-state index < -0.39 is 0 Å². The molecule has 2 heteroatoms. The maximum absolute atomic E-state index is 6.40. The van der Waals surface area contributed by atoms with Crippen LogP contribution in [0.1, 0.15) is 30.0 Å². The van der Waals surface area contributed by atoms with Gasteiger partial charge in [-0.05, 0) is 53.9 Å². The highest BCUT2D eigenvalue weighted by molar-refractivity contribution is 7.98. The average Bonchev–Trinajstić information content (AvgIpc) is 2.76. The molecule has 3 rings (SSSR count). The quantitative estimate of drug-likeness (QED) is 0.311. The second-order valence-electron chi connectivity index (χ2n) is 8.57. The van der Waals surface area contributed by atoms with E-state index in [1.165, 1.54) is 22.4 Å². The van der Waals surface area contributed by atoms with Gasteiger partial charge in [-0.15, -0.1) is 0 Å². The van der Waals surface area contributed by atoms with Crippen molar-refractivity contribution in [3.05, 3.63) is 108 Å². The molecule has 0 saturated carbocycles. The number of hydrogen-bond acceptors (Lipinski definition) is 2. The van der Waals surface area contributed by atoms with Crippen LogP contribution in [0.2, 0.25) is 0 Å². The van der Waals surface area contributed by atoms with Crippen LogP contribution < -0.4 is 0 Å². The summed E-state index contributed by atoms with van der Waals surface area (Å²) in [5.41, 5.74) is 4.11. The van der Waals surface area contributed by atoms with E-state index in [4.69, 9.17) is 4.74 Å². The first kappa shape index (κ1) is 22.7. The summed E-state index contributed by atoms with van der Waals surface area (Å²) in [5.74, 6) is 1.83. The fourth-order valence-corrected chi connectivity index (χ4v) is 5.15. The highest BCUT2D eigenvalue weighted by atomic mass is 32.2. The monoisotopic (exact) mass is 418 g/mol. The number of thioether (sulfide) groups is 1. The lowest BCUT2D eigenvalue weighted by Gasteiger charge is -2.36. The van der Waals surface area contributed by atoms with Gasteiger partial charge < -0.3 is 4.74 Å². The highest BCUT2D eigenvalue weighted by Crippen LogP contribution is 2.36. The van der Waals surface area contributed by atoms with Gasteiger partial charge in [0.2, 0.25) is 0 Å². The van der Waals surface area contributed by atoms with Gasteiger partial charge in [0.05, 0.1) is 13.2 Å². The maximum Gasteiger partial charge on any atom is 0.0717 e. The third kappa shape index (κ3) is 7.34. The van der Waals surface area contributed by atoms with Crippen LogP contribution in [-0.4, -0.2) is 18.6 Å². The number of hydrogen-bond donors (Lipinski definition) is 0. The minimum Gasteiger partial charge on any atom is -0.376 e. The predicted octanol–water partition coefficient (Wildman–Crippen LogP) is 7.06. The lowest BCUT2D eigenvalue weighted by Crippen LogP contribution is -2.34. The van der Waals surface area contributed by atoms with Gasteiger partial charge in [-0.1, -0.05) is 97.9 Å². The van der Waals surface area contributed by atoms with E-state index in [1.807, 2.05) is 11.8 Å². The van der Waals surface area contributed by atoms with Gasteiger partial charge in [-0.25, -0.2) is 0 Å². The summed E-state index contributed by atoms with van der Waals surface area (Å²) in [7, 11) is 0. The van der Waals surface area contributed by atoms with E-state index in [-0.39, 0.29) is 5.41 Å². The second kappa shape index (κ2) is 12.0. The Labute approximate surface area is 186 Å². The molecule has 1 atom stereocenters. The van der Waals surface area contributed by atoms with Gasteiger partial charge in [-0.3, -0.25) is 0 Å². The molecular weight excluding hydrogens is 384 g/mol. The summed E-state index contributed by atoms with van der Waals surface area (Å²) >= 11 is 1.94. The summed E-state index contributed by atoms with van der Waals surface area (Å²) in [6.45, 7) is 3.83. The molecule has 0 heterocycles. The summed E-state index contributed by atoms with van der Waals surface area (Å²) in [5, 5.41) is 0. The summed E-state index contributed by atoms with van der Waals surface area (Å²) < 4.78 is 6.40. The molecule has 0 amide bonds. The van der Waals surface area contributed by atoms with Gasteiger partial charge in [-0.2, -0.15) is 11.8 Å². The topological polar surface area (TPSA) is 9.23 Å². The number of benzene rings is 3. The molecule has 0 N–H and O–H groups in total. The van der Waals surface area contributed by atoms with Crippen LogP contribution >= 0.6 is 11.8 Å². The first-order chi connectivity index (χ1) is 14.7. The zero-order valence-electron chi connectivity index (χ0n) is 18.3. The van der Waals surface area contributed by atoms with Crippen molar-refractivity contribution < 1.29 is 4.74 Å². The second-order valence-corrected chi connectivity index (χ2v) is 9.48. The van der Waals surface area contributed by atoms with E-state index in [0.717, 1.165) is 25.9 Å². The summed E-state index contributed by atoms with van der Waals surface area (Å²) in [6, 6.07) is 32.4. The van der Waals surface area contributed by atoms with Crippen molar-refractivity contribution in [2.45, 2.75) is 32.8 Å². The van der Waals surface area contributed by atoms with Crippen molar-refractivity contribution >= 4 is 11.8 Å². The zero-order valence-corrected chi connectivity index (χ0v) is 19.1. The molecular formula is C28H34OS. The van der Waals surface area contributed by atoms with Crippen molar-refractivity contribution in [1.29, 1.82) is 0 Å². The zero-order chi connectivity index (χ0) is 21.1. The molecule has 3 aromatic rings. The largest absolute Gasteiger partial charge is 0.376 e. The molecule has 0 aliphatic heterocycles. The van der Waals surface area contributed by atoms with Crippen molar-refractivity contribution in [1.82, 2.24) is 0 Å². The summed E-state index contributed by atoms with van der Waals surface area (Å²) in [4.78, 5) is 0. The molecule has 0 aliphatic rings. The Morgan fingerprint density at radius 1 is 0.733 bits per heavy atom. The standard InChI is InChI=1S/C28H34OS/c1-24(22-30-2)18-28(19-25-12-6-3-7-13-25,20-26-14-8-4-9-15-26)23-29-21-27-16-10-5-11-17-27/h3-17,24H,18-23H2,1-2H3. The Hall–Kier alpha value is -2.03. The van der Waals surface area contributed by atoms with Gasteiger partial charge in [0.15, 0.2) is 0 Å². The number of rotatable bonds is 12. The van der Waals surface area contributed by atoms with E-state index in [9.17, 15) is 0 Å². The molecule has 0 saturated heterocycles. The van der Waals surface area contributed by atoms with E-state index in [2.05, 4.69) is 104 Å². The fraction of sp³-hybridized carbons (Fsp3) is 0.357. The van der Waals surface area contributed by atoms with Crippen molar-refractivity contribution in [2.75, 3.05) is 18.6 Å². The van der Waals surface area contributed by atoms with E-state index >= 15 is 0 Å². The SMILES string of the molecule is CSCC(C)CC(COCc1ccccc1)(Cc1ccccc1)Cc1ccccc1. The third-order valence-corrected chi connectivity index (χ3v) is 6.50. The normalized spacial score (nSPS) is 12.6. The highest BCUT2D eigenvalue weighted by Gasteiger charge is 2.33. The Balaban J connectivity index is 1.84. The molecule has 0 radical (unpaired) electrons. The molecule has 0 aromatic heterocycles. The first-order valence-corrected chi connectivity index (χ1v) is 12.3. The fourth-order valence-electron chi connectivity index (χ4n) is 4.47.